The number of quaternary nitrogens is 2. The van der Waals surface area contributed by atoms with E-state index in [0.29, 0.717) is 0 Å². The molecule has 0 atom stereocenters. The van der Waals surface area contributed by atoms with Crippen LogP contribution in [-0.2, 0) is 13.1 Å². The van der Waals surface area contributed by atoms with Crippen molar-refractivity contribution in [3.05, 3.63) is 163 Å². The smallest absolute Gasteiger partial charge is 0.104 e. The van der Waals surface area contributed by atoms with Gasteiger partial charge in [-0.15, -0.1) is 0 Å². The van der Waals surface area contributed by atoms with E-state index in [2.05, 4.69) is 122 Å². The van der Waals surface area contributed by atoms with Gasteiger partial charge in [0.25, 0.3) is 0 Å². The standard InChI is InChI=1S/2C13H22N.C10H10.C8H8.CH2O3/c2*1-4-14(5-2,6-3)12-13-10-8-7-9-11-13;1-3-9-5-7-10(4-2)8-6-9;1-2-8-6-4-3-5-7-8;2-1(3)4/h2*7-11H,4-6,12H2,1-3H3;3-8H,1-2H2;2-7H,1H2;(H2,2,3,4)/q2*+1;;;/p-2. The molecular weight excluding hydrogens is 617 g/mol. The number of carbonyl (C=O) groups is 1. The topological polar surface area (TPSA) is 63.2 Å². The summed E-state index contributed by atoms with van der Waals surface area (Å²) < 4.78 is 2.40. The quantitative estimate of drug-likeness (QED) is 0.133. The lowest BCUT2D eigenvalue weighted by molar-refractivity contribution is -0.936. The summed E-state index contributed by atoms with van der Waals surface area (Å²) in [6, 6.07) is 39.7. The highest BCUT2D eigenvalue weighted by atomic mass is 16.6. The van der Waals surface area contributed by atoms with E-state index >= 15 is 0 Å². The van der Waals surface area contributed by atoms with Crippen LogP contribution in [0.25, 0.3) is 18.2 Å². The van der Waals surface area contributed by atoms with Gasteiger partial charge in [0.15, 0.2) is 0 Å². The van der Waals surface area contributed by atoms with Crippen LogP contribution < -0.4 is 10.2 Å². The Morgan fingerprint density at radius 2 is 0.680 bits per heavy atom. The van der Waals surface area contributed by atoms with Crippen LogP contribution in [0.5, 0.6) is 0 Å². The van der Waals surface area contributed by atoms with Gasteiger partial charge in [0.2, 0.25) is 0 Å². The van der Waals surface area contributed by atoms with Crippen LogP contribution >= 0.6 is 0 Å². The van der Waals surface area contributed by atoms with Gasteiger partial charge in [0.1, 0.15) is 13.1 Å². The molecule has 0 heterocycles. The van der Waals surface area contributed by atoms with Gasteiger partial charge in [-0.2, -0.15) is 0 Å². The van der Waals surface area contributed by atoms with Crippen molar-refractivity contribution in [2.45, 2.75) is 54.6 Å². The molecule has 0 radical (unpaired) electrons. The number of carbonyl (C=O) groups excluding carboxylic acids is 1. The average molecular weight is 679 g/mol. The summed E-state index contributed by atoms with van der Waals surface area (Å²) in [5, 5.41) is 16.7. The van der Waals surface area contributed by atoms with Crippen molar-refractivity contribution >= 4 is 24.4 Å². The molecule has 0 amide bonds. The number of benzene rings is 4. The van der Waals surface area contributed by atoms with E-state index in [1.165, 1.54) is 78.0 Å². The average Bonchev–Trinajstić information content (AvgIpc) is 3.18. The number of nitrogens with zero attached hydrogens (tertiary/aromatic N) is 2. The van der Waals surface area contributed by atoms with Crippen LogP contribution in [0, 0.1) is 0 Å². The molecule has 4 aromatic carbocycles. The first-order valence-electron chi connectivity index (χ1n) is 17.7. The predicted molar refractivity (Wildman–Crippen MR) is 213 cm³/mol. The molecule has 0 unspecified atom stereocenters. The second-order valence-electron chi connectivity index (χ2n) is 11.8. The van der Waals surface area contributed by atoms with E-state index < -0.39 is 6.16 Å². The third-order valence-electron chi connectivity index (χ3n) is 9.19. The summed E-state index contributed by atoms with van der Waals surface area (Å²) in [6.45, 7) is 34.4. The Hall–Kier alpha value is -4.71. The zero-order valence-corrected chi connectivity index (χ0v) is 31.6. The molecule has 5 nitrogen and oxygen atoms in total. The first-order valence-corrected chi connectivity index (χ1v) is 17.7. The van der Waals surface area contributed by atoms with Crippen molar-refractivity contribution in [3.8, 4) is 0 Å². The Balaban J connectivity index is 0.000000629. The molecule has 0 bridgehead atoms. The molecule has 0 saturated heterocycles. The van der Waals surface area contributed by atoms with Crippen molar-refractivity contribution in [3.63, 3.8) is 0 Å². The molecule has 5 heteroatoms. The lowest BCUT2D eigenvalue weighted by Crippen LogP contribution is -2.46. The second-order valence-corrected chi connectivity index (χ2v) is 11.8. The Kier molecular flexibility index (Phi) is 24.6. The maximum Gasteiger partial charge on any atom is 0.104 e. The van der Waals surface area contributed by atoms with Crippen molar-refractivity contribution in [1.29, 1.82) is 0 Å². The monoisotopic (exact) mass is 678 g/mol. The minimum absolute atomic E-state index is 1.14. The number of carboxylic acid groups (broad SMARTS) is 2. The fraction of sp³-hybridized carbons (Fsp3) is 0.311. The van der Waals surface area contributed by atoms with Crippen molar-refractivity contribution in [2.24, 2.45) is 0 Å². The van der Waals surface area contributed by atoms with Gasteiger partial charge in [0, 0.05) is 11.1 Å². The van der Waals surface area contributed by atoms with E-state index in [0.717, 1.165) is 11.1 Å². The Morgan fingerprint density at radius 1 is 0.460 bits per heavy atom. The number of rotatable bonds is 13. The molecule has 4 aromatic rings. The van der Waals surface area contributed by atoms with Gasteiger partial charge in [-0.05, 0) is 64.4 Å². The molecule has 0 aliphatic heterocycles. The molecular formula is C45H62N2O3. The minimum atomic E-state index is -2.33. The van der Waals surface area contributed by atoms with Crippen LogP contribution in [0.2, 0.25) is 0 Å². The van der Waals surface area contributed by atoms with Gasteiger partial charge in [0.05, 0.1) is 39.3 Å². The highest BCUT2D eigenvalue weighted by Crippen LogP contribution is 2.14. The highest BCUT2D eigenvalue weighted by Gasteiger charge is 2.21. The van der Waals surface area contributed by atoms with Crippen LogP contribution in [0.4, 0.5) is 4.79 Å². The molecule has 0 aromatic heterocycles. The summed E-state index contributed by atoms with van der Waals surface area (Å²) >= 11 is 0. The molecule has 0 saturated carbocycles. The number of hydrogen-bond acceptors (Lipinski definition) is 3. The van der Waals surface area contributed by atoms with Gasteiger partial charge in [-0.3, -0.25) is 0 Å². The van der Waals surface area contributed by atoms with Gasteiger partial charge in [-0.25, -0.2) is 0 Å². The summed E-state index contributed by atoms with van der Waals surface area (Å²) in [4.78, 5) is 8.33. The van der Waals surface area contributed by atoms with Crippen molar-refractivity contribution in [1.82, 2.24) is 0 Å². The zero-order valence-electron chi connectivity index (χ0n) is 31.6. The number of hydrogen-bond donors (Lipinski definition) is 0. The largest absolute Gasteiger partial charge is 0.652 e. The van der Waals surface area contributed by atoms with E-state index in [9.17, 15) is 0 Å². The zero-order chi connectivity index (χ0) is 37.7. The van der Waals surface area contributed by atoms with Crippen molar-refractivity contribution in [2.75, 3.05) is 39.3 Å². The first-order chi connectivity index (χ1) is 24.0. The molecule has 0 aliphatic rings. The van der Waals surface area contributed by atoms with E-state index in [1.807, 2.05) is 72.8 Å². The first kappa shape index (κ1) is 45.3. The lowest BCUT2D eigenvalue weighted by Gasteiger charge is -2.35. The molecule has 270 valence electrons. The van der Waals surface area contributed by atoms with Gasteiger partial charge < -0.3 is 24.0 Å². The Labute approximate surface area is 304 Å². The fourth-order valence-electron chi connectivity index (χ4n) is 5.31. The maximum atomic E-state index is 8.33. The maximum absolute atomic E-state index is 8.33. The van der Waals surface area contributed by atoms with Gasteiger partial charge in [-0.1, -0.05) is 153 Å². The summed E-state index contributed by atoms with van der Waals surface area (Å²) in [6.07, 6.45) is 3.15. The van der Waals surface area contributed by atoms with E-state index in [-0.39, 0.29) is 0 Å². The molecule has 0 spiro atoms. The van der Waals surface area contributed by atoms with Crippen molar-refractivity contribution < 1.29 is 24.0 Å². The van der Waals surface area contributed by atoms with E-state index in [1.54, 1.807) is 0 Å². The Bertz CT molecular complexity index is 1320. The molecule has 0 fully saturated rings. The van der Waals surface area contributed by atoms with Crippen LogP contribution in [-0.4, -0.2) is 54.4 Å². The van der Waals surface area contributed by atoms with E-state index in [4.69, 9.17) is 15.0 Å². The SMILES string of the molecule is C=Cc1ccc(C=C)cc1.C=Cc1ccccc1.CC[N+](CC)(CC)Cc1ccccc1.CC[N+](CC)(CC)Cc1ccccc1.O=C([O-])[O-]. The summed E-state index contributed by atoms with van der Waals surface area (Å²) in [5.41, 5.74) is 6.37. The van der Waals surface area contributed by atoms with Crippen LogP contribution in [0.15, 0.2) is 135 Å². The van der Waals surface area contributed by atoms with Crippen LogP contribution in [0.3, 0.4) is 0 Å². The third kappa shape index (κ3) is 19.3. The molecule has 0 N–H and O–H groups in total. The highest BCUT2D eigenvalue weighted by molar-refractivity contribution is 5.53. The normalized spacial score (nSPS) is 10.1. The molecule has 4 rings (SSSR count). The summed E-state index contributed by atoms with van der Waals surface area (Å²) in [5.74, 6) is 0. The lowest BCUT2D eigenvalue weighted by atomic mass is 10.1. The third-order valence-corrected chi connectivity index (χ3v) is 9.19. The summed E-state index contributed by atoms with van der Waals surface area (Å²) in [7, 11) is 0. The minimum Gasteiger partial charge on any atom is -0.652 e. The fourth-order valence-corrected chi connectivity index (χ4v) is 5.31. The predicted octanol–water partition coefficient (Wildman–Crippen LogP) is 8.98. The Morgan fingerprint density at radius 3 is 0.880 bits per heavy atom. The van der Waals surface area contributed by atoms with Gasteiger partial charge >= 0.3 is 0 Å². The second kappa shape index (κ2) is 27.2. The molecule has 50 heavy (non-hydrogen) atoms. The molecule has 0 aliphatic carbocycles. The van der Waals surface area contributed by atoms with Crippen LogP contribution in [0.1, 0.15) is 69.4 Å².